The molecule has 5 rings (SSSR count). The summed E-state index contributed by atoms with van der Waals surface area (Å²) in [5, 5.41) is 19.7. The van der Waals surface area contributed by atoms with Crippen molar-refractivity contribution in [1.29, 1.82) is 0 Å². The van der Waals surface area contributed by atoms with E-state index in [2.05, 4.69) is 41.5 Å². The van der Waals surface area contributed by atoms with Gasteiger partial charge in [0.2, 0.25) is 0 Å². The van der Waals surface area contributed by atoms with Gasteiger partial charge in [-0.15, -0.1) is 0 Å². The van der Waals surface area contributed by atoms with Gasteiger partial charge in [-0.1, -0.05) is 41.5 Å². The van der Waals surface area contributed by atoms with Crippen LogP contribution in [0.3, 0.4) is 0 Å². The lowest BCUT2D eigenvalue weighted by atomic mass is 9.33. The van der Waals surface area contributed by atoms with Crippen LogP contribution in [-0.2, 0) is 19.1 Å². The molecular formula is C33H54O6. The summed E-state index contributed by atoms with van der Waals surface area (Å²) in [6, 6.07) is 0. The van der Waals surface area contributed by atoms with Crippen LogP contribution in [0.25, 0.3) is 0 Å². The van der Waals surface area contributed by atoms with Gasteiger partial charge in [0, 0.05) is 5.41 Å². The second kappa shape index (κ2) is 9.18. The maximum Gasteiger partial charge on any atom is 0.317 e. The molecule has 5 aliphatic rings. The lowest BCUT2D eigenvalue weighted by Gasteiger charge is -2.72. The molecule has 0 aromatic rings. The Hall–Kier alpha value is -1.14. The van der Waals surface area contributed by atoms with Crippen LogP contribution in [0, 0.1) is 44.8 Å². The minimum atomic E-state index is -1.13. The molecule has 0 aromatic carbocycles. The Morgan fingerprint density at radius 2 is 1.49 bits per heavy atom. The van der Waals surface area contributed by atoms with Gasteiger partial charge in [-0.25, -0.2) is 0 Å². The molecule has 39 heavy (non-hydrogen) atoms. The fourth-order valence-electron chi connectivity index (χ4n) is 11.7. The number of carbonyl (C=O) groups excluding carboxylic acids is 1. The predicted octanol–water partition coefficient (Wildman–Crippen LogP) is 6.77. The largest absolute Gasteiger partial charge is 0.481 e. The first kappa shape index (κ1) is 29.4. The summed E-state index contributed by atoms with van der Waals surface area (Å²) >= 11 is 0. The second-order valence-electron chi connectivity index (χ2n) is 16.3. The summed E-state index contributed by atoms with van der Waals surface area (Å²) in [5.41, 5.74) is -0.123. The lowest BCUT2D eigenvalue weighted by Crippen LogP contribution is -2.66. The molecule has 1 saturated heterocycles. The van der Waals surface area contributed by atoms with Gasteiger partial charge in [-0.05, 0) is 117 Å². The van der Waals surface area contributed by atoms with Crippen molar-refractivity contribution in [3.8, 4) is 0 Å². The van der Waals surface area contributed by atoms with E-state index in [1.165, 1.54) is 32.1 Å². The minimum absolute atomic E-state index is 0.0683. The zero-order chi connectivity index (χ0) is 28.8. The zero-order valence-electron chi connectivity index (χ0n) is 25.8. The average Bonchev–Trinajstić information content (AvgIpc) is 3.39. The number of carboxylic acids is 1. The van der Waals surface area contributed by atoms with E-state index in [0.29, 0.717) is 17.8 Å². The van der Waals surface area contributed by atoms with Crippen LogP contribution >= 0.6 is 0 Å². The van der Waals surface area contributed by atoms with Gasteiger partial charge in [0.15, 0.2) is 0 Å². The van der Waals surface area contributed by atoms with Crippen LogP contribution in [0.1, 0.15) is 126 Å². The summed E-state index contributed by atoms with van der Waals surface area (Å²) < 4.78 is 12.4. The van der Waals surface area contributed by atoms with Gasteiger partial charge in [0.05, 0.1) is 17.8 Å². The molecule has 1 heterocycles. The van der Waals surface area contributed by atoms with Gasteiger partial charge in [-0.3, -0.25) is 9.59 Å². The quantitative estimate of drug-likeness (QED) is 0.292. The maximum absolute atomic E-state index is 12.3. The molecule has 0 aromatic heterocycles. The third-order valence-corrected chi connectivity index (χ3v) is 14.1. The van der Waals surface area contributed by atoms with Crippen LogP contribution in [0.15, 0.2) is 0 Å². The highest BCUT2D eigenvalue weighted by Crippen LogP contribution is 2.79. The number of esters is 1. The number of carboxylic acid groups (broad SMARTS) is 1. The molecule has 0 amide bonds. The maximum atomic E-state index is 12.3. The van der Waals surface area contributed by atoms with Crippen LogP contribution in [0.4, 0.5) is 0 Å². The van der Waals surface area contributed by atoms with Gasteiger partial charge in [0.25, 0.3) is 0 Å². The smallest absolute Gasteiger partial charge is 0.317 e. The van der Waals surface area contributed by atoms with Crippen molar-refractivity contribution >= 4 is 11.9 Å². The summed E-state index contributed by atoms with van der Waals surface area (Å²) in [5.74, 6) is -0.138. The van der Waals surface area contributed by atoms with Crippen molar-refractivity contribution in [2.45, 2.75) is 150 Å². The van der Waals surface area contributed by atoms with E-state index in [1.54, 1.807) is 0 Å². The van der Waals surface area contributed by atoms with Crippen molar-refractivity contribution < 1.29 is 29.3 Å². The van der Waals surface area contributed by atoms with Crippen LogP contribution in [-0.4, -0.2) is 46.1 Å². The van der Waals surface area contributed by atoms with Crippen molar-refractivity contribution in [3.05, 3.63) is 0 Å². The van der Waals surface area contributed by atoms with Gasteiger partial charge in [0.1, 0.15) is 12.5 Å². The monoisotopic (exact) mass is 546 g/mol. The number of rotatable bonds is 5. The number of aliphatic carboxylic acids is 1. The number of aliphatic hydroxyl groups is 1. The minimum Gasteiger partial charge on any atom is -0.481 e. The molecule has 4 saturated carbocycles. The Bertz CT molecular complexity index is 999. The van der Waals surface area contributed by atoms with Crippen LogP contribution < -0.4 is 0 Å². The standard InChI is InChI=1S/C33H54O6/c1-28(2)22-12-17-32(7)23(30(22,5)15-14-24(28)39-27(36)19-26(34)35)13-16-31(6)20(11-18-33(31,32)8)21-9-10-25(38-21)29(3,4)37/h20-25,37H,9-19H2,1-8H3,(H,34,35). The van der Waals surface area contributed by atoms with Crippen LogP contribution in [0.5, 0.6) is 0 Å². The van der Waals surface area contributed by atoms with E-state index in [9.17, 15) is 14.7 Å². The highest BCUT2D eigenvalue weighted by molar-refractivity contribution is 5.90. The molecule has 6 nitrogen and oxygen atoms in total. The Morgan fingerprint density at radius 3 is 2.10 bits per heavy atom. The Morgan fingerprint density at radius 1 is 0.846 bits per heavy atom. The molecule has 4 aliphatic carbocycles. The number of carbonyl (C=O) groups is 2. The Labute approximate surface area is 236 Å². The normalized spacial score (nSPS) is 49.1. The van der Waals surface area contributed by atoms with Gasteiger partial charge in [-0.2, -0.15) is 0 Å². The van der Waals surface area contributed by atoms with Crippen molar-refractivity contribution in [1.82, 2.24) is 0 Å². The first-order valence-electron chi connectivity index (χ1n) is 15.7. The molecule has 2 N–H and O–H groups in total. The van der Waals surface area contributed by atoms with E-state index >= 15 is 0 Å². The fraction of sp³-hybridized carbons (Fsp3) is 0.939. The molecule has 0 radical (unpaired) electrons. The van der Waals surface area contributed by atoms with Crippen molar-refractivity contribution in [2.24, 2.45) is 44.8 Å². The highest BCUT2D eigenvalue weighted by Gasteiger charge is 2.72. The molecule has 1 aliphatic heterocycles. The van der Waals surface area contributed by atoms with E-state index in [1.807, 2.05) is 13.8 Å². The molecule has 0 bridgehead atoms. The van der Waals surface area contributed by atoms with Crippen molar-refractivity contribution in [2.75, 3.05) is 0 Å². The molecule has 0 spiro atoms. The number of ether oxygens (including phenoxy) is 2. The molecule has 6 heteroatoms. The van der Waals surface area contributed by atoms with Crippen LogP contribution in [0.2, 0.25) is 0 Å². The summed E-state index contributed by atoms with van der Waals surface area (Å²) in [7, 11) is 0. The summed E-state index contributed by atoms with van der Waals surface area (Å²) in [6.45, 7) is 18.6. The Balaban J connectivity index is 1.39. The Kier molecular flexibility index (Phi) is 6.91. The number of fused-ring (bicyclic) bond motifs is 5. The molecule has 10 unspecified atom stereocenters. The van der Waals surface area contributed by atoms with E-state index < -0.39 is 24.0 Å². The van der Waals surface area contributed by atoms with E-state index in [4.69, 9.17) is 14.6 Å². The first-order valence-corrected chi connectivity index (χ1v) is 15.7. The van der Waals surface area contributed by atoms with Gasteiger partial charge >= 0.3 is 11.9 Å². The molecule has 222 valence electrons. The number of hydrogen-bond donors (Lipinski definition) is 2. The summed E-state index contributed by atoms with van der Waals surface area (Å²) in [6.07, 6.45) is 10.5. The van der Waals surface area contributed by atoms with E-state index in [-0.39, 0.29) is 45.4 Å². The fourth-order valence-corrected chi connectivity index (χ4v) is 11.7. The van der Waals surface area contributed by atoms with E-state index in [0.717, 1.165) is 32.1 Å². The predicted molar refractivity (Wildman–Crippen MR) is 150 cm³/mol. The SMILES string of the molecule is CC(C)(O)C1CCC(C2CCC3(C)C2(C)CCC2C4(C)CCC(OC(=O)CC(=O)O)C(C)(C)C4CCC23C)O1. The average molecular weight is 547 g/mol. The second-order valence-corrected chi connectivity index (χ2v) is 16.3. The molecule has 10 atom stereocenters. The lowest BCUT2D eigenvalue weighted by molar-refractivity contribution is -0.246. The first-order chi connectivity index (χ1) is 17.9. The third-order valence-electron chi connectivity index (χ3n) is 14.1. The topological polar surface area (TPSA) is 93.1 Å². The zero-order valence-corrected chi connectivity index (χ0v) is 25.8. The highest BCUT2D eigenvalue weighted by atomic mass is 16.5. The van der Waals surface area contributed by atoms with Crippen molar-refractivity contribution in [3.63, 3.8) is 0 Å². The van der Waals surface area contributed by atoms with Gasteiger partial charge < -0.3 is 19.7 Å². The number of hydrogen-bond acceptors (Lipinski definition) is 5. The molecule has 5 fully saturated rings. The summed E-state index contributed by atoms with van der Waals surface area (Å²) in [4.78, 5) is 23.4. The molecular weight excluding hydrogens is 492 g/mol. The third kappa shape index (κ3) is 4.15.